The van der Waals surface area contributed by atoms with Crippen LogP contribution in [0.4, 0.5) is 4.39 Å². The summed E-state index contributed by atoms with van der Waals surface area (Å²) < 4.78 is 13.0. The molecule has 1 aromatic carbocycles. The lowest BCUT2D eigenvalue weighted by Gasteiger charge is -2.04. The molecule has 0 aliphatic carbocycles. The molecule has 0 fully saturated rings. The van der Waals surface area contributed by atoms with Gasteiger partial charge < -0.3 is 10.8 Å². The van der Waals surface area contributed by atoms with Crippen molar-refractivity contribution >= 4 is 5.97 Å². The zero-order valence-electron chi connectivity index (χ0n) is 9.66. The van der Waals surface area contributed by atoms with Gasteiger partial charge in [0.15, 0.2) is 0 Å². The standard InChI is InChI=1S/C10H14FN.C2H4O2/c1-8-9(5-3-7-12)4-2-6-10(8)11;1-2(3)4/h2,4,6H,3,5,7,12H2,1H3;1H3,(H,3,4). The summed E-state index contributed by atoms with van der Waals surface area (Å²) in [7, 11) is 0. The minimum absolute atomic E-state index is 0.121. The number of carboxylic acids is 1. The van der Waals surface area contributed by atoms with E-state index in [1.54, 1.807) is 13.0 Å². The van der Waals surface area contributed by atoms with Crippen LogP contribution in [0.15, 0.2) is 18.2 Å². The fourth-order valence-corrected chi connectivity index (χ4v) is 1.22. The van der Waals surface area contributed by atoms with Crippen molar-refractivity contribution < 1.29 is 14.3 Å². The maximum Gasteiger partial charge on any atom is 0.300 e. The van der Waals surface area contributed by atoms with Crippen LogP contribution in [-0.2, 0) is 11.2 Å². The topological polar surface area (TPSA) is 63.3 Å². The van der Waals surface area contributed by atoms with Crippen LogP contribution >= 0.6 is 0 Å². The van der Waals surface area contributed by atoms with Crippen molar-refractivity contribution in [2.75, 3.05) is 6.54 Å². The Morgan fingerprint density at radius 3 is 2.56 bits per heavy atom. The van der Waals surface area contributed by atoms with Crippen molar-refractivity contribution in [3.05, 3.63) is 35.1 Å². The van der Waals surface area contributed by atoms with Crippen LogP contribution in [0, 0.1) is 12.7 Å². The number of carbonyl (C=O) groups is 1. The van der Waals surface area contributed by atoms with Gasteiger partial charge in [-0.2, -0.15) is 0 Å². The summed E-state index contributed by atoms with van der Waals surface area (Å²) >= 11 is 0. The van der Waals surface area contributed by atoms with Gasteiger partial charge >= 0.3 is 0 Å². The van der Waals surface area contributed by atoms with Gasteiger partial charge in [0.25, 0.3) is 5.97 Å². The highest BCUT2D eigenvalue weighted by Crippen LogP contribution is 2.13. The van der Waals surface area contributed by atoms with Gasteiger partial charge in [-0.05, 0) is 43.5 Å². The summed E-state index contributed by atoms with van der Waals surface area (Å²) in [6.45, 7) is 3.55. The number of nitrogens with two attached hydrogens (primary N) is 1. The number of hydrogen-bond donors (Lipinski definition) is 2. The summed E-state index contributed by atoms with van der Waals surface area (Å²) in [5, 5.41) is 7.42. The van der Waals surface area contributed by atoms with Gasteiger partial charge in [0.05, 0.1) is 0 Å². The zero-order chi connectivity index (χ0) is 12.6. The molecule has 90 valence electrons. The van der Waals surface area contributed by atoms with Crippen molar-refractivity contribution in [2.45, 2.75) is 26.7 Å². The second-order valence-corrected chi connectivity index (χ2v) is 3.44. The number of halogens is 1. The van der Waals surface area contributed by atoms with Crippen molar-refractivity contribution in [1.29, 1.82) is 0 Å². The van der Waals surface area contributed by atoms with Crippen LogP contribution in [0.3, 0.4) is 0 Å². The summed E-state index contributed by atoms with van der Waals surface area (Å²) in [5.41, 5.74) is 7.20. The van der Waals surface area contributed by atoms with Gasteiger partial charge in [-0.25, -0.2) is 4.39 Å². The first-order chi connectivity index (χ1) is 7.49. The molecule has 0 saturated carbocycles. The monoisotopic (exact) mass is 227 g/mol. The normalized spacial score (nSPS) is 9.25. The van der Waals surface area contributed by atoms with Gasteiger partial charge in [0.1, 0.15) is 5.82 Å². The number of carboxylic acid groups (broad SMARTS) is 1. The predicted molar refractivity (Wildman–Crippen MR) is 61.8 cm³/mol. The van der Waals surface area contributed by atoms with E-state index in [0.717, 1.165) is 30.9 Å². The Balaban J connectivity index is 0.000000487. The molecular formula is C12H18FNO2. The number of rotatable bonds is 3. The Hall–Kier alpha value is -1.42. The highest BCUT2D eigenvalue weighted by Gasteiger charge is 2.01. The third-order valence-corrected chi connectivity index (χ3v) is 2.03. The van der Waals surface area contributed by atoms with Crippen molar-refractivity contribution in [2.24, 2.45) is 5.73 Å². The minimum Gasteiger partial charge on any atom is -0.481 e. The van der Waals surface area contributed by atoms with Crippen molar-refractivity contribution in [3.63, 3.8) is 0 Å². The van der Waals surface area contributed by atoms with Gasteiger partial charge in [-0.15, -0.1) is 0 Å². The molecule has 0 aliphatic rings. The quantitative estimate of drug-likeness (QED) is 0.831. The Morgan fingerprint density at radius 2 is 2.06 bits per heavy atom. The molecule has 0 atom stereocenters. The van der Waals surface area contributed by atoms with Gasteiger partial charge in [-0.1, -0.05) is 12.1 Å². The second-order valence-electron chi connectivity index (χ2n) is 3.44. The molecule has 0 unspecified atom stereocenters. The largest absolute Gasteiger partial charge is 0.481 e. The molecule has 0 heterocycles. The Morgan fingerprint density at radius 1 is 1.50 bits per heavy atom. The number of aryl methyl sites for hydroxylation is 1. The fourth-order valence-electron chi connectivity index (χ4n) is 1.22. The molecule has 0 bridgehead atoms. The van der Waals surface area contributed by atoms with E-state index in [1.807, 2.05) is 6.07 Å². The van der Waals surface area contributed by atoms with E-state index >= 15 is 0 Å². The molecule has 1 aromatic rings. The lowest BCUT2D eigenvalue weighted by Crippen LogP contribution is -2.01. The highest BCUT2D eigenvalue weighted by molar-refractivity contribution is 5.62. The molecule has 0 aliphatic heterocycles. The molecule has 0 spiro atoms. The van der Waals surface area contributed by atoms with Crippen LogP contribution in [0.5, 0.6) is 0 Å². The molecular weight excluding hydrogens is 209 g/mol. The fraction of sp³-hybridized carbons (Fsp3) is 0.417. The summed E-state index contributed by atoms with van der Waals surface area (Å²) in [6.07, 6.45) is 1.80. The van der Waals surface area contributed by atoms with E-state index in [0.29, 0.717) is 6.54 Å². The Labute approximate surface area is 95.1 Å². The van der Waals surface area contributed by atoms with Crippen LogP contribution in [-0.4, -0.2) is 17.6 Å². The third-order valence-electron chi connectivity index (χ3n) is 2.03. The first kappa shape index (κ1) is 14.6. The third kappa shape index (κ3) is 6.14. The van der Waals surface area contributed by atoms with E-state index in [9.17, 15) is 4.39 Å². The molecule has 0 saturated heterocycles. The highest BCUT2D eigenvalue weighted by atomic mass is 19.1. The minimum atomic E-state index is -0.833. The van der Waals surface area contributed by atoms with Crippen molar-refractivity contribution in [3.8, 4) is 0 Å². The van der Waals surface area contributed by atoms with Crippen LogP contribution in [0.2, 0.25) is 0 Å². The zero-order valence-corrected chi connectivity index (χ0v) is 9.66. The lowest BCUT2D eigenvalue weighted by molar-refractivity contribution is -0.134. The molecule has 4 heteroatoms. The summed E-state index contributed by atoms with van der Waals surface area (Å²) in [4.78, 5) is 9.00. The number of hydrogen-bond acceptors (Lipinski definition) is 2. The Bertz CT molecular complexity index is 336. The van der Waals surface area contributed by atoms with E-state index < -0.39 is 5.97 Å². The van der Waals surface area contributed by atoms with E-state index in [4.69, 9.17) is 15.6 Å². The summed E-state index contributed by atoms with van der Waals surface area (Å²) in [6, 6.07) is 5.18. The van der Waals surface area contributed by atoms with Crippen molar-refractivity contribution in [1.82, 2.24) is 0 Å². The van der Waals surface area contributed by atoms with Gasteiger partial charge in [-0.3, -0.25) is 4.79 Å². The maximum atomic E-state index is 13.0. The molecule has 16 heavy (non-hydrogen) atoms. The number of benzene rings is 1. The molecule has 0 aromatic heterocycles. The molecule has 0 amide bonds. The van der Waals surface area contributed by atoms with Crippen LogP contribution in [0.25, 0.3) is 0 Å². The molecule has 0 radical (unpaired) electrons. The SMILES string of the molecule is CC(=O)O.Cc1c(F)cccc1CCCN. The van der Waals surface area contributed by atoms with Crippen LogP contribution in [0.1, 0.15) is 24.5 Å². The second kappa shape index (κ2) is 7.82. The first-order valence-corrected chi connectivity index (χ1v) is 5.12. The van der Waals surface area contributed by atoms with E-state index in [1.165, 1.54) is 6.07 Å². The van der Waals surface area contributed by atoms with E-state index in [-0.39, 0.29) is 5.82 Å². The average molecular weight is 227 g/mol. The lowest BCUT2D eigenvalue weighted by atomic mass is 10.0. The first-order valence-electron chi connectivity index (χ1n) is 5.12. The number of aliphatic carboxylic acids is 1. The van der Waals surface area contributed by atoms with Gasteiger partial charge in [0.2, 0.25) is 0 Å². The molecule has 3 N–H and O–H groups in total. The summed E-state index contributed by atoms with van der Waals surface area (Å²) in [5.74, 6) is -0.954. The van der Waals surface area contributed by atoms with Gasteiger partial charge in [0, 0.05) is 6.92 Å². The predicted octanol–water partition coefficient (Wildman–Crippen LogP) is 2.12. The average Bonchev–Trinajstić information content (AvgIpc) is 2.19. The smallest absolute Gasteiger partial charge is 0.300 e. The Kier molecular flexibility index (Phi) is 7.12. The van der Waals surface area contributed by atoms with E-state index in [2.05, 4.69) is 0 Å². The molecule has 1 rings (SSSR count). The maximum absolute atomic E-state index is 13.0. The molecule has 3 nitrogen and oxygen atoms in total. The van der Waals surface area contributed by atoms with Crippen LogP contribution < -0.4 is 5.73 Å².